The van der Waals surface area contributed by atoms with Gasteiger partial charge in [0.25, 0.3) is 0 Å². The van der Waals surface area contributed by atoms with Crippen LogP contribution >= 0.6 is 15.9 Å². The minimum absolute atomic E-state index is 0.661. The Morgan fingerprint density at radius 1 is 1.16 bits per heavy atom. The van der Waals surface area contributed by atoms with E-state index in [0.717, 1.165) is 19.0 Å². The smallest absolute Gasteiger partial charge is 0.0210 e. The number of hydrogen-bond acceptors (Lipinski definition) is 1. The zero-order chi connectivity index (χ0) is 13.5. The SMILES string of the molecule is CCNCC(c1ccccc1Br)C1CCCCCC1. The Balaban J connectivity index is 2.16. The summed E-state index contributed by atoms with van der Waals surface area (Å²) in [5.74, 6) is 1.51. The predicted molar refractivity (Wildman–Crippen MR) is 86.6 cm³/mol. The van der Waals surface area contributed by atoms with Gasteiger partial charge in [0.2, 0.25) is 0 Å². The second kappa shape index (κ2) is 8.06. The van der Waals surface area contributed by atoms with Crippen molar-refractivity contribution < 1.29 is 0 Å². The molecule has 0 spiro atoms. The zero-order valence-corrected chi connectivity index (χ0v) is 13.6. The summed E-state index contributed by atoms with van der Waals surface area (Å²) in [7, 11) is 0. The summed E-state index contributed by atoms with van der Waals surface area (Å²) >= 11 is 3.75. The van der Waals surface area contributed by atoms with Gasteiger partial charge in [-0.15, -0.1) is 0 Å². The molecule has 1 N–H and O–H groups in total. The molecule has 0 saturated heterocycles. The average Bonchev–Trinajstić information content (AvgIpc) is 2.70. The molecule has 1 atom stereocenters. The van der Waals surface area contributed by atoms with Crippen LogP contribution in [0.25, 0.3) is 0 Å². The fourth-order valence-corrected chi connectivity index (χ4v) is 3.90. The predicted octanol–water partition coefficient (Wildman–Crippen LogP) is 5.11. The van der Waals surface area contributed by atoms with Crippen molar-refractivity contribution in [3.63, 3.8) is 0 Å². The van der Waals surface area contributed by atoms with E-state index in [-0.39, 0.29) is 0 Å². The second-order valence-corrected chi connectivity index (χ2v) is 6.54. The molecule has 1 aliphatic rings. The topological polar surface area (TPSA) is 12.0 Å². The van der Waals surface area contributed by atoms with Gasteiger partial charge in [-0.05, 0) is 36.9 Å². The minimum atomic E-state index is 0.661. The van der Waals surface area contributed by atoms with Crippen LogP contribution in [-0.4, -0.2) is 13.1 Å². The first-order valence-electron chi connectivity index (χ1n) is 7.78. The lowest BCUT2D eigenvalue weighted by atomic mass is 9.81. The Morgan fingerprint density at radius 3 is 2.47 bits per heavy atom. The van der Waals surface area contributed by atoms with Gasteiger partial charge < -0.3 is 5.32 Å². The molecule has 0 bridgehead atoms. The van der Waals surface area contributed by atoms with E-state index in [9.17, 15) is 0 Å². The maximum Gasteiger partial charge on any atom is 0.0210 e. The van der Waals surface area contributed by atoms with E-state index in [1.165, 1.54) is 48.6 Å². The van der Waals surface area contributed by atoms with E-state index in [0.29, 0.717) is 5.92 Å². The van der Waals surface area contributed by atoms with Crippen molar-refractivity contribution in [1.29, 1.82) is 0 Å². The van der Waals surface area contributed by atoms with E-state index < -0.39 is 0 Å². The highest BCUT2D eigenvalue weighted by Gasteiger charge is 2.25. The van der Waals surface area contributed by atoms with Gasteiger partial charge >= 0.3 is 0 Å². The molecule has 0 amide bonds. The highest BCUT2D eigenvalue weighted by atomic mass is 79.9. The number of halogens is 1. The number of likely N-dealkylation sites (N-methyl/N-ethyl adjacent to an activating group) is 1. The molecule has 0 aromatic heterocycles. The first kappa shape index (κ1) is 15.1. The van der Waals surface area contributed by atoms with Crippen LogP contribution < -0.4 is 5.32 Å². The maximum atomic E-state index is 3.75. The van der Waals surface area contributed by atoms with Crippen LogP contribution in [0, 0.1) is 5.92 Å². The average molecular weight is 324 g/mol. The summed E-state index contributed by atoms with van der Waals surface area (Å²) in [6.07, 6.45) is 8.49. The number of rotatable bonds is 5. The number of benzene rings is 1. The highest BCUT2D eigenvalue weighted by Crippen LogP contribution is 2.37. The van der Waals surface area contributed by atoms with Crippen molar-refractivity contribution in [3.05, 3.63) is 34.3 Å². The Kier molecular flexibility index (Phi) is 6.39. The van der Waals surface area contributed by atoms with E-state index >= 15 is 0 Å². The molecule has 1 unspecified atom stereocenters. The van der Waals surface area contributed by atoms with E-state index in [2.05, 4.69) is 52.4 Å². The first-order valence-corrected chi connectivity index (χ1v) is 8.57. The van der Waals surface area contributed by atoms with E-state index in [1.807, 2.05) is 0 Å². The molecule has 1 aromatic rings. The molecular weight excluding hydrogens is 298 g/mol. The molecule has 19 heavy (non-hydrogen) atoms. The monoisotopic (exact) mass is 323 g/mol. The summed E-state index contributed by atoms with van der Waals surface area (Å²) in [6.45, 7) is 4.38. The van der Waals surface area contributed by atoms with Gasteiger partial charge in [-0.25, -0.2) is 0 Å². The number of hydrogen-bond donors (Lipinski definition) is 1. The Labute approximate surface area is 126 Å². The van der Waals surface area contributed by atoms with Crippen LogP contribution in [-0.2, 0) is 0 Å². The van der Waals surface area contributed by atoms with E-state index in [1.54, 1.807) is 0 Å². The minimum Gasteiger partial charge on any atom is -0.316 e. The van der Waals surface area contributed by atoms with Crippen LogP contribution in [0.2, 0.25) is 0 Å². The molecular formula is C17H26BrN. The molecule has 1 aliphatic carbocycles. The van der Waals surface area contributed by atoms with Gasteiger partial charge in [0.05, 0.1) is 0 Å². The van der Waals surface area contributed by atoms with Gasteiger partial charge in [-0.1, -0.05) is 66.7 Å². The standard InChI is InChI=1S/C17H26BrN/c1-2-19-13-16(14-9-5-3-4-6-10-14)15-11-7-8-12-17(15)18/h7-8,11-12,14,16,19H,2-6,9-10,13H2,1H3. The zero-order valence-electron chi connectivity index (χ0n) is 12.0. The lowest BCUT2D eigenvalue weighted by Gasteiger charge is -2.28. The van der Waals surface area contributed by atoms with Crippen LogP contribution in [0.3, 0.4) is 0 Å². The van der Waals surface area contributed by atoms with Crippen molar-refractivity contribution in [1.82, 2.24) is 5.32 Å². The van der Waals surface area contributed by atoms with Gasteiger partial charge in [-0.2, -0.15) is 0 Å². The molecule has 0 heterocycles. The van der Waals surface area contributed by atoms with Gasteiger partial charge in [0.15, 0.2) is 0 Å². The van der Waals surface area contributed by atoms with E-state index in [4.69, 9.17) is 0 Å². The van der Waals surface area contributed by atoms with Crippen LogP contribution in [0.1, 0.15) is 56.9 Å². The Hall–Kier alpha value is -0.340. The lowest BCUT2D eigenvalue weighted by molar-refractivity contribution is 0.362. The van der Waals surface area contributed by atoms with Crippen LogP contribution in [0.4, 0.5) is 0 Å². The molecule has 106 valence electrons. The van der Waals surface area contributed by atoms with Crippen molar-refractivity contribution in [2.45, 2.75) is 51.4 Å². The summed E-state index contributed by atoms with van der Waals surface area (Å²) < 4.78 is 1.28. The fourth-order valence-electron chi connectivity index (χ4n) is 3.32. The molecule has 1 saturated carbocycles. The van der Waals surface area contributed by atoms with Crippen LogP contribution in [0.5, 0.6) is 0 Å². The van der Waals surface area contributed by atoms with Crippen molar-refractivity contribution in [3.8, 4) is 0 Å². The Morgan fingerprint density at radius 2 is 1.84 bits per heavy atom. The highest BCUT2D eigenvalue weighted by molar-refractivity contribution is 9.10. The lowest BCUT2D eigenvalue weighted by Crippen LogP contribution is -2.27. The summed E-state index contributed by atoms with van der Waals surface area (Å²) in [5, 5.41) is 3.57. The molecule has 2 heteroatoms. The summed E-state index contributed by atoms with van der Waals surface area (Å²) in [5.41, 5.74) is 1.50. The molecule has 1 nitrogen and oxygen atoms in total. The fraction of sp³-hybridized carbons (Fsp3) is 0.647. The largest absolute Gasteiger partial charge is 0.316 e. The van der Waals surface area contributed by atoms with Crippen LogP contribution in [0.15, 0.2) is 28.7 Å². The number of nitrogens with one attached hydrogen (secondary N) is 1. The summed E-state index contributed by atoms with van der Waals surface area (Å²) in [6, 6.07) is 8.78. The third-order valence-electron chi connectivity index (χ3n) is 4.39. The quantitative estimate of drug-likeness (QED) is 0.742. The molecule has 0 radical (unpaired) electrons. The van der Waals surface area contributed by atoms with Gasteiger partial charge in [-0.3, -0.25) is 0 Å². The van der Waals surface area contributed by atoms with Gasteiger partial charge in [0.1, 0.15) is 0 Å². The molecule has 2 rings (SSSR count). The van der Waals surface area contributed by atoms with Gasteiger partial charge in [0, 0.05) is 16.9 Å². The van der Waals surface area contributed by atoms with Crippen molar-refractivity contribution in [2.24, 2.45) is 5.92 Å². The third kappa shape index (κ3) is 4.32. The third-order valence-corrected chi connectivity index (χ3v) is 5.11. The van der Waals surface area contributed by atoms with Crippen molar-refractivity contribution in [2.75, 3.05) is 13.1 Å². The first-order chi connectivity index (χ1) is 9.33. The van der Waals surface area contributed by atoms with Crippen molar-refractivity contribution >= 4 is 15.9 Å². The maximum absolute atomic E-state index is 3.75. The Bertz CT molecular complexity index is 369. The summed E-state index contributed by atoms with van der Waals surface area (Å²) in [4.78, 5) is 0. The second-order valence-electron chi connectivity index (χ2n) is 5.69. The normalized spacial score (nSPS) is 19.1. The molecule has 1 fully saturated rings. The molecule has 0 aliphatic heterocycles. The molecule has 1 aromatic carbocycles.